The van der Waals surface area contributed by atoms with Gasteiger partial charge in [-0.25, -0.2) is 0 Å². The molecule has 0 heterocycles. The zero-order chi connectivity index (χ0) is 20.4. The monoisotopic (exact) mass is 383 g/mol. The van der Waals surface area contributed by atoms with E-state index in [9.17, 15) is 14.7 Å². The second-order valence-corrected chi connectivity index (χ2v) is 6.88. The summed E-state index contributed by atoms with van der Waals surface area (Å²) >= 11 is 0. The lowest BCUT2D eigenvalue weighted by Gasteiger charge is -2.18. The van der Waals surface area contributed by atoms with Gasteiger partial charge in [0, 0.05) is 12.5 Å². The van der Waals surface area contributed by atoms with Crippen LogP contribution in [0.15, 0.2) is 29.1 Å². The molecule has 6 nitrogen and oxygen atoms in total. The Hall–Kier alpha value is -3.02. The summed E-state index contributed by atoms with van der Waals surface area (Å²) in [6.45, 7) is 3.38. The van der Waals surface area contributed by atoms with E-state index >= 15 is 0 Å². The number of amides is 1. The number of carbonyl (C=O) groups excluding carboxylic acids is 1. The van der Waals surface area contributed by atoms with Crippen molar-refractivity contribution in [2.24, 2.45) is 0 Å². The highest BCUT2D eigenvalue weighted by Gasteiger charge is 2.28. The van der Waals surface area contributed by atoms with Crippen LogP contribution in [0, 0.1) is 0 Å². The number of hydrogen-bond donors (Lipinski definition) is 2. The zero-order valence-corrected chi connectivity index (χ0v) is 16.6. The molecule has 0 saturated carbocycles. The molecule has 0 saturated heterocycles. The fourth-order valence-corrected chi connectivity index (χ4v) is 3.86. The fraction of sp³-hybridized carbons (Fsp3) is 0.364. The molecule has 0 aromatic heterocycles. The normalized spacial score (nSPS) is 15.1. The average Bonchev–Trinajstić information content (AvgIpc) is 2.90. The van der Waals surface area contributed by atoms with E-state index in [0.717, 1.165) is 5.56 Å². The number of phenols is 1. The van der Waals surface area contributed by atoms with Crippen LogP contribution >= 0.6 is 0 Å². The first-order valence-corrected chi connectivity index (χ1v) is 9.32. The van der Waals surface area contributed by atoms with E-state index in [1.54, 1.807) is 12.1 Å². The van der Waals surface area contributed by atoms with Crippen LogP contribution in [-0.4, -0.2) is 25.2 Å². The quantitative estimate of drug-likeness (QED) is 0.847. The Kier molecular flexibility index (Phi) is 5.58. The topological polar surface area (TPSA) is 84.9 Å². The van der Waals surface area contributed by atoms with Crippen LogP contribution in [0.25, 0.3) is 11.1 Å². The molecule has 0 radical (unpaired) electrons. The lowest BCUT2D eigenvalue weighted by Crippen LogP contribution is -2.26. The van der Waals surface area contributed by atoms with Gasteiger partial charge in [0.05, 0.1) is 20.3 Å². The zero-order valence-electron chi connectivity index (χ0n) is 16.6. The summed E-state index contributed by atoms with van der Waals surface area (Å²) in [4.78, 5) is 24.4. The fourth-order valence-electron chi connectivity index (χ4n) is 3.86. The van der Waals surface area contributed by atoms with Gasteiger partial charge >= 0.3 is 0 Å². The van der Waals surface area contributed by atoms with Gasteiger partial charge in [-0.3, -0.25) is 9.59 Å². The van der Waals surface area contributed by atoms with Crippen molar-refractivity contribution in [1.29, 1.82) is 0 Å². The first kappa shape index (κ1) is 19.7. The van der Waals surface area contributed by atoms with Crippen LogP contribution in [-0.2, 0) is 17.6 Å². The molecule has 0 bridgehead atoms. The number of nitrogens with one attached hydrogen (secondary N) is 1. The molecule has 0 spiro atoms. The molecule has 1 unspecified atom stereocenters. The lowest BCUT2D eigenvalue weighted by atomic mass is 9.95. The number of ether oxygens (including phenoxy) is 2. The number of fused-ring (bicyclic) bond motifs is 3. The van der Waals surface area contributed by atoms with Gasteiger partial charge in [-0.05, 0) is 53.6 Å². The SMILES string of the molecule is CCc1ccc2c(cc1=O)C(NC(C)=O)CCc1cc(OC)c(OC)c(O)c1-2. The minimum Gasteiger partial charge on any atom is -0.504 e. The van der Waals surface area contributed by atoms with Gasteiger partial charge in [0.15, 0.2) is 16.9 Å². The van der Waals surface area contributed by atoms with E-state index in [4.69, 9.17) is 9.47 Å². The van der Waals surface area contributed by atoms with Crippen molar-refractivity contribution in [3.63, 3.8) is 0 Å². The molecule has 1 amide bonds. The maximum atomic E-state index is 12.7. The van der Waals surface area contributed by atoms with Crippen LogP contribution in [0.1, 0.15) is 43.0 Å². The summed E-state index contributed by atoms with van der Waals surface area (Å²) in [5.41, 5.74) is 3.49. The predicted molar refractivity (Wildman–Crippen MR) is 107 cm³/mol. The number of phenolic OH excluding ortho intramolecular Hbond substituents is 1. The molecule has 148 valence electrons. The third kappa shape index (κ3) is 3.42. The van der Waals surface area contributed by atoms with Gasteiger partial charge in [-0.2, -0.15) is 0 Å². The van der Waals surface area contributed by atoms with Crippen molar-refractivity contribution in [2.45, 2.75) is 39.2 Å². The van der Waals surface area contributed by atoms with Gasteiger partial charge in [-0.1, -0.05) is 19.1 Å². The second kappa shape index (κ2) is 7.92. The molecule has 1 aliphatic rings. The van der Waals surface area contributed by atoms with Crippen molar-refractivity contribution in [1.82, 2.24) is 5.32 Å². The van der Waals surface area contributed by atoms with Crippen LogP contribution in [0.2, 0.25) is 0 Å². The van der Waals surface area contributed by atoms with E-state index in [1.165, 1.54) is 21.1 Å². The standard InChI is InChI=1S/C22H25NO5/c1-5-13-6-8-15-16(11-18(13)25)17(23-12(2)24)9-7-14-10-19(27-3)22(28-4)21(26)20(14)15/h6,8,10-11,17,26H,5,7,9H2,1-4H3,(H,23,24). The smallest absolute Gasteiger partial charge is 0.217 e. The Bertz CT molecular complexity index is 983. The molecule has 6 heteroatoms. The van der Waals surface area contributed by atoms with E-state index in [2.05, 4.69) is 5.32 Å². The molecule has 2 N–H and O–H groups in total. The van der Waals surface area contributed by atoms with Crippen molar-refractivity contribution in [3.05, 3.63) is 51.2 Å². The second-order valence-electron chi connectivity index (χ2n) is 6.88. The van der Waals surface area contributed by atoms with Crippen LogP contribution in [0.4, 0.5) is 0 Å². The van der Waals surface area contributed by atoms with E-state index in [0.29, 0.717) is 47.3 Å². The third-order valence-corrected chi connectivity index (χ3v) is 5.20. The number of aromatic hydroxyl groups is 1. The molecule has 2 aromatic rings. The molecule has 1 aliphatic carbocycles. The first-order chi connectivity index (χ1) is 13.4. The van der Waals surface area contributed by atoms with Crippen LogP contribution in [0.3, 0.4) is 0 Å². The molecular weight excluding hydrogens is 358 g/mol. The summed E-state index contributed by atoms with van der Waals surface area (Å²) in [5.74, 6) is 0.487. The van der Waals surface area contributed by atoms with E-state index < -0.39 is 0 Å². The average molecular weight is 383 g/mol. The minimum atomic E-state index is -0.332. The lowest BCUT2D eigenvalue weighted by molar-refractivity contribution is -0.119. The Morgan fingerprint density at radius 3 is 2.61 bits per heavy atom. The van der Waals surface area contributed by atoms with Crippen molar-refractivity contribution in [3.8, 4) is 28.4 Å². The summed E-state index contributed by atoms with van der Waals surface area (Å²) in [5, 5.41) is 13.9. The van der Waals surface area contributed by atoms with Gasteiger partial charge in [0.25, 0.3) is 0 Å². The van der Waals surface area contributed by atoms with Crippen LogP contribution in [0.5, 0.6) is 17.2 Å². The Labute approximate surface area is 164 Å². The Morgan fingerprint density at radius 1 is 1.25 bits per heavy atom. The number of hydrogen-bond acceptors (Lipinski definition) is 5. The Morgan fingerprint density at radius 2 is 2.00 bits per heavy atom. The molecule has 0 fully saturated rings. The maximum absolute atomic E-state index is 12.7. The molecule has 1 atom stereocenters. The largest absolute Gasteiger partial charge is 0.504 e. The summed E-state index contributed by atoms with van der Waals surface area (Å²) in [6.07, 6.45) is 1.79. The summed E-state index contributed by atoms with van der Waals surface area (Å²) in [7, 11) is 2.99. The highest BCUT2D eigenvalue weighted by molar-refractivity contribution is 5.83. The molecule has 0 aliphatic heterocycles. The maximum Gasteiger partial charge on any atom is 0.217 e. The van der Waals surface area contributed by atoms with Crippen molar-refractivity contribution in [2.75, 3.05) is 14.2 Å². The van der Waals surface area contributed by atoms with Gasteiger partial charge < -0.3 is 19.9 Å². The number of carbonyl (C=O) groups is 1. The third-order valence-electron chi connectivity index (χ3n) is 5.20. The van der Waals surface area contributed by atoms with Gasteiger partial charge in [0.1, 0.15) is 0 Å². The highest BCUT2D eigenvalue weighted by Crippen LogP contribution is 2.49. The highest BCUT2D eigenvalue weighted by atomic mass is 16.5. The molecule has 2 aromatic carbocycles. The predicted octanol–water partition coefficient (Wildman–Crippen LogP) is 3.12. The van der Waals surface area contributed by atoms with Crippen molar-refractivity contribution < 1.29 is 19.4 Å². The van der Waals surface area contributed by atoms with E-state index in [-0.39, 0.29) is 28.9 Å². The van der Waals surface area contributed by atoms with Gasteiger partial charge in [0.2, 0.25) is 11.7 Å². The van der Waals surface area contributed by atoms with Crippen LogP contribution < -0.4 is 20.2 Å². The number of rotatable bonds is 4. The summed E-state index contributed by atoms with van der Waals surface area (Å²) < 4.78 is 10.7. The number of benzene rings is 1. The van der Waals surface area contributed by atoms with Gasteiger partial charge in [-0.15, -0.1) is 0 Å². The number of methoxy groups -OCH3 is 2. The molecule has 28 heavy (non-hydrogen) atoms. The van der Waals surface area contributed by atoms with E-state index in [1.807, 2.05) is 19.1 Å². The Balaban J connectivity index is 2.38. The minimum absolute atomic E-state index is 0.0294. The number of aryl methyl sites for hydroxylation is 2. The summed E-state index contributed by atoms with van der Waals surface area (Å²) in [6, 6.07) is 6.73. The first-order valence-electron chi connectivity index (χ1n) is 9.32. The van der Waals surface area contributed by atoms with Crippen molar-refractivity contribution >= 4 is 5.91 Å². The molecular formula is C22H25NO5. The molecule has 3 rings (SSSR count).